The number of aromatic nitrogens is 1. The molecule has 0 amide bonds. The van der Waals surface area contributed by atoms with Crippen LogP contribution in [-0.2, 0) is 9.53 Å². The maximum absolute atomic E-state index is 14.0. The molecule has 0 unspecified atom stereocenters. The summed E-state index contributed by atoms with van der Waals surface area (Å²) in [5.74, 6) is 0.144. The van der Waals surface area contributed by atoms with Crippen molar-refractivity contribution in [2.75, 3.05) is 20.8 Å². The summed E-state index contributed by atoms with van der Waals surface area (Å²) in [5, 5.41) is 9.50. The summed E-state index contributed by atoms with van der Waals surface area (Å²) in [7, 11) is 3.02. The van der Waals surface area contributed by atoms with E-state index in [-0.39, 0.29) is 23.3 Å². The predicted octanol–water partition coefficient (Wildman–Crippen LogP) is 4.84. The first-order valence-corrected chi connectivity index (χ1v) is 14.7. The fourth-order valence-corrected chi connectivity index (χ4v) is 6.57. The second-order valence-corrected chi connectivity index (χ2v) is 11.4. The minimum atomic E-state index is -1.03. The van der Waals surface area contributed by atoms with Gasteiger partial charge in [0.05, 0.1) is 48.2 Å². The summed E-state index contributed by atoms with van der Waals surface area (Å²) in [5.41, 5.74) is 2.22. The maximum atomic E-state index is 14.0. The van der Waals surface area contributed by atoms with Crippen molar-refractivity contribution in [2.24, 2.45) is 4.99 Å². The number of aromatic carboxylic acids is 1. The summed E-state index contributed by atoms with van der Waals surface area (Å²) in [4.78, 5) is 43.9. The van der Waals surface area contributed by atoms with E-state index in [1.165, 1.54) is 24.9 Å². The fraction of sp³-hybridized carbons (Fsp3) is 0.226. The number of carboxylic acid groups (broad SMARTS) is 1. The van der Waals surface area contributed by atoms with Gasteiger partial charge in [-0.15, -0.1) is 0 Å². The van der Waals surface area contributed by atoms with Crippen LogP contribution in [0.2, 0.25) is 0 Å². The lowest BCUT2D eigenvalue weighted by molar-refractivity contribution is -0.139. The number of rotatable bonds is 8. The van der Waals surface area contributed by atoms with Crippen molar-refractivity contribution < 1.29 is 33.3 Å². The summed E-state index contributed by atoms with van der Waals surface area (Å²) in [6.45, 7) is 5.28. The van der Waals surface area contributed by atoms with Gasteiger partial charge in [0.2, 0.25) is 0 Å². The highest BCUT2D eigenvalue weighted by Gasteiger charge is 2.35. The van der Waals surface area contributed by atoms with Gasteiger partial charge in [-0.2, -0.15) is 0 Å². The molecule has 0 aliphatic carbocycles. The maximum Gasteiger partial charge on any atom is 0.338 e. The van der Waals surface area contributed by atoms with Gasteiger partial charge in [0.1, 0.15) is 11.5 Å². The number of carboxylic acids is 1. The lowest BCUT2D eigenvalue weighted by Gasteiger charge is -2.26. The largest absolute Gasteiger partial charge is 0.493 e. The van der Waals surface area contributed by atoms with Crippen molar-refractivity contribution in [1.29, 1.82) is 0 Å². The Hall–Kier alpha value is -4.42. The molecule has 1 aliphatic heterocycles. The molecule has 1 aliphatic rings. The first kappa shape index (κ1) is 30.1. The first-order chi connectivity index (χ1) is 20.6. The van der Waals surface area contributed by atoms with E-state index in [0.717, 1.165) is 11.3 Å². The number of hydrogen-bond acceptors (Lipinski definition) is 9. The molecular formula is C31H27BrN2O8S. The number of esters is 1. The Labute approximate surface area is 258 Å². The van der Waals surface area contributed by atoms with Gasteiger partial charge in [-0.3, -0.25) is 9.36 Å². The third-order valence-electron chi connectivity index (χ3n) is 7.04. The smallest absolute Gasteiger partial charge is 0.338 e. The van der Waals surface area contributed by atoms with Gasteiger partial charge in [-0.25, -0.2) is 14.6 Å². The van der Waals surface area contributed by atoms with E-state index in [0.29, 0.717) is 59.2 Å². The Morgan fingerprint density at radius 1 is 1.14 bits per heavy atom. The number of carbonyl (C=O) groups excluding carboxylic acids is 1. The zero-order chi connectivity index (χ0) is 31.0. The number of methoxy groups -OCH3 is 2. The lowest BCUT2D eigenvalue weighted by Crippen LogP contribution is -2.40. The van der Waals surface area contributed by atoms with Crippen LogP contribution in [0.15, 0.2) is 72.4 Å². The summed E-state index contributed by atoms with van der Waals surface area (Å²) < 4.78 is 24.8. The van der Waals surface area contributed by atoms with Crippen LogP contribution in [-0.4, -0.2) is 42.4 Å². The number of furan rings is 1. The van der Waals surface area contributed by atoms with E-state index in [9.17, 15) is 19.5 Å². The van der Waals surface area contributed by atoms with Crippen LogP contribution in [0.5, 0.6) is 11.5 Å². The van der Waals surface area contributed by atoms with Crippen molar-refractivity contribution in [1.82, 2.24) is 4.57 Å². The summed E-state index contributed by atoms with van der Waals surface area (Å²) in [6, 6.07) is 11.0. The SMILES string of the molecule is CCOC(=O)C1=C(C)N=c2s/c(=C\c3ccc(-c4cccc(C(=O)O)c4C)o3)c(=O)n2[C@H]1c1cc(OC)c(OC)cc1Br. The van der Waals surface area contributed by atoms with Gasteiger partial charge >= 0.3 is 11.9 Å². The van der Waals surface area contributed by atoms with Crippen molar-refractivity contribution in [3.05, 3.63) is 100 Å². The number of benzene rings is 2. The molecule has 43 heavy (non-hydrogen) atoms. The molecule has 10 nitrogen and oxygen atoms in total. The molecule has 1 atom stereocenters. The average Bonchev–Trinajstić information content (AvgIpc) is 3.56. The molecule has 222 valence electrons. The molecular weight excluding hydrogens is 640 g/mol. The van der Waals surface area contributed by atoms with Gasteiger partial charge in [-0.1, -0.05) is 39.4 Å². The second kappa shape index (κ2) is 12.1. The molecule has 4 aromatic rings. The standard InChI is InChI=1S/C31H27BrN2O8S/c1-6-41-30(38)26-16(3)33-31-34(27(26)20-13-23(39-4)24(40-5)14-21(20)32)28(35)25(43-31)12-17-10-11-22(42-17)18-8-7-9-19(15(18)2)29(36)37/h7-14,27H,6H2,1-5H3,(H,36,37)/b25-12-/t27-/m0/s1. The van der Waals surface area contributed by atoms with Crippen LogP contribution in [0.3, 0.4) is 0 Å². The van der Waals surface area contributed by atoms with Crippen LogP contribution < -0.4 is 24.4 Å². The molecule has 0 spiro atoms. The van der Waals surface area contributed by atoms with Crippen LogP contribution in [0.25, 0.3) is 17.4 Å². The Morgan fingerprint density at radius 3 is 2.53 bits per heavy atom. The Bertz CT molecular complexity index is 1980. The number of halogens is 1. The van der Waals surface area contributed by atoms with Gasteiger partial charge in [0, 0.05) is 16.1 Å². The minimum absolute atomic E-state index is 0.148. The van der Waals surface area contributed by atoms with Gasteiger partial charge in [0.25, 0.3) is 5.56 Å². The summed E-state index contributed by atoms with van der Waals surface area (Å²) in [6.07, 6.45) is 1.60. The highest BCUT2D eigenvalue weighted by atomic mass is 79.9. The number of hydrogen-bond donors (Lipinski definition) is 1. The number of nitrogens with zero attached hydrogens (tertiary/aromatic N) is 2. The topological polar surface area (TPSA) is 130 Å². The average molecular weight is 668 g/mol. The number of carbonyl (C=O) groups is 2. The number of thiazole rings is 1. The third kappa shape index (κ3) is 5.43. The van der Waals surface area contributed by atoms with Gasteiger partial charge in [-0.05, 0) is 62.2 Å². The molecule has 0 saturated carbocycles. The van der Waals surface area contributed by atoms with Crippen molar-refractivity contribution in [2.45, 2.75) is 26.8 Å². The second-order valence-electron chi connectivity index (χ2n) is 9.52. The molecule has 0 bridgehead atoms. The number of fused-ring (bicyclic) bond motifs is 1. The minimum Gasteiger partial charge on any atom is -0.493 e. The quantitative estimate of drug-likeness (QED) is 0.264. The molecule has 3 heterocycles. The van der Waals surface area contributed by atoms with Crippen molar-refractivity contribution in [3.8, 4) is 22.8 Å². The fourth-order valence-electron chi connectivity index (χ4n) is 5.00. The Morgan fingerprint density at radius 2 is 1.86 bits per heavy atom. The van der Waals surface area contributed by atoms with E-state index >= 15 is 0 Å². The van der Waals surface area contributed by atoms with Crippen LogP contribution >= 0.6 is 27.3 Å². The van der Waals surface area contributed by atoms with Crippen LogP contribution in [0.4, 0.5) is 0 Å². The van der Waals surface area contributed by atoms with Crippen molar-refractivity contribution >= 4 is 45.3 Å². The predicted molar refractivity (Wildman–Crippen MR) is 163 cm³/mol. The lowest BCUT2D eigenvalue weighted by atomic mass is 9.95. The molecule has 0 fully saturated rings. The van der Waals surface area contributed by atoms with Gasteiger partial charge in [0.15, 0.2) is 16.3 Å². The van der Waals surface area contributed by atoms with E-state index in [4.69, 9.17) is 18.6 Å². The number of ether oxygens (including phenoxy) is 3. The first-order valence-electron chi connectivity index (χ1n) is 13.1. The Balaban J connectivity index is 1.68. The number of allylic oxidation sites excluding steroid dienone is 1. The third-order valence-corrected chi connectivity index (χ3v) is 8.71. The van der Waals surface area contributed by atoms with Crippen LogP contribution in [0, 0.1) is 6.92 Å². The van der Waals surface area contributed by atoms with Crippen LogP contribution in [0.1, 0.15) is 47.1 Å². The van der Waals surface area contributed by atoms with E-state index < -0.39 is 18.0 Å². The van der Waals surface area contributed by atoms with Crippen molar-refractivity contribution in [3.63, 3.8) is 0 Å². The molecule has 5 rings (SSSR count). The zero-order valence-electron chi connectivity index (χ0n) is 23.9. The highest BCUT2D eigenvalue weighted by molar-refractivity contribution is 9.10. The molecule has 2 aromatic carbocycles. The van der Waals surface area contributed by atoms with E-state index in [1.54, 1.807) is 63.2 Å². The summed E-state index contributed by atoms with van der Waals surface area (Å²) >= 11 is 4.75. The normalized spacial score (nSPS) is 14.7. The monoisotopic (exact) mass is 666 g/mol. The van der Waals surface area contributed by atoms with Gasteiger partial charge < -0.3 is 23.7 Å². The van der Waals surface area contributed by atoms with E-state index in [1.807, 2.05) is 0 Å². The molecule has 0 saturated heterocycles. The Kier molecular flexibility index (Phi) is 8.43. The highest BCUT2D eigenvalue weighted by Crippen LogP contribution is 2.40. The van der Waals surface area contributed by atoms with E-state index in [2.05, 4.69) is 20.9 Å². The molecule has 0 radical (unpaired) electrons. The zero-order valence-corrected chi connectivity index (χ0v) is 26.3. The molecule has 12 heteroatoms. The molecule has 2 aromatic heterocycles. The molecule has 1 N–H and O–H groups in total.